The van der Waals surface area contributed by atoms with Gasteiger partial charge >= 0.3 is 5.97 Å². The maximum Gasteiger partial charge on any atom is 0.307 e. The number of carbonyl (C=O) groups is 2. The van der Waals surface area contributed by atoms with Crippen molar-refractivity contribution in [1.29, 1.82) is 5.26 Å². The molecule has 0 saturated carbocycles. The molecular formula is C11H9NO3. The van der Waals surface area contributed by atoms with E-state index in [2.05, 4.69) is 0 Å². The topological polar surface area (TPSA) is 78.2 Å². The zero-order valence-corrected chi connectivity index (χ0v) is 8.15. The fourth-order valence-electron chi connectivity index (χ4n) is 1.40. The van der Waals surface area contributed by atoms with Gasteiger partial charge in [0.1, 0.15) is 6.29 Å². The second-order valence-electron chi connectivity index (χ2n) is 3.16. The number of rotatable bonds is 3. The summed E-state index contributed by atoms with van der Waals surface area (Å²) in [7, 11) is 0. The van der Waals surface area contributed by atoms with E-state index in [1.807, 2.05) is 6.07 Å². The first-order chi connectivity index (χ1) is 7.08. The molecule has 0 aliphatic heterocycles. The minimum atomic E-state index is -0.992. The van der Waals surface area contributed by atoms with Gasteiger partial charge in [0.25, 0.3) is 0 Å². The van der Waals surface area contributed by atoms with E-state index < -0.39 is 5.97 Å². The minimum absolute atomic E-state index is 0.201. The molecule has 1 rings (SSSR count). The minimum Gasteiger partial charge on any atom is -0.481 e. The number of carbonyl (C=O) groups excluding carboxylic acids is 1. The van der Waals surface area contributed by atoms with Gasteiger partial charge in [-0.3, -0.25) is 9.59 Å². The molecule has 0 amide bonds. The van der Waals surface area contributed by atoms with Gasteiger partial charge in [-0.15, -0.1) is 0 Å². The molecule has 15 heavy (non-hydrogen) atoms. The lowest BCUT2D eigenvalue weighted by atomic mass is 9.97. The predicted octanol–water partition coefficient (Wildman–Crippen LogP) is 1.31. The third-order valence-electron chi connectivity index (χ3n) is 2.08. The molecule has 1 aromatic rings. The van der Waals surface area contributed by atoms with Crippen molar-refractivity contribution >= 4 is 12.3 Å². The highest BCUT2D eigenvalue weighted by atomic mass is 16.4. The molecule has 0 bridgehead atoms. The molecule has 0 saturated heterocycles. The van der Waals surface area contributed by atoms with E-state index in [9.17, 15) is 9.59 Å². The average molecular weight is 203 g/mol. The fraction of sp³-hybridized carbons (Fsp3) is 0.182. The molecule has 4 nitrogen and oxygen atoms in total. The van der Waals surface area contributed by atoms with Gasteiger partial charge in [-0.2, -0.15) is 5.26 Å². The molecule has 0 aliphatic carbocycles. The lowest BCUT2D eigenvalue weighted by Gasteiger charge is -2.06. The van der Waals surface area contributed by atoms with Gasteiger partial charge in [-0.25, -0.2) is 0 Å². The summed E-state index contributed by atoms with van der Waals surface area (Å²) >= 11 is 0. The van der Waals surface area contributed by atoms with Crippen molar-refractivity contribution in [2.45, 2.75) is 13.3 Å². The number of aliphatic carboxylic acids is 1. The normalized spacial score (nSPS) is 9.33. The summed E-state index contributed by atoms with van der Waals surface area (Å²) in [5, 5.41) is 17.5. The average Bonchev–Trinajstić information content (AvgIpc) is 2.20. The molecule has 0 radical (unpaired) electrons. The van der Waals surface area contributed by atoms with Gasteiger partial charge in [0.2, 0.25) is 0 Å². The quantitative estimate of drug-likeness (QED) is 0.751. The second-order valence-corrected chi connectivity index (χ2v) is 3.16. The van der Waals surface area contributed by atoms with E-state index in [1.54, 1.807) is 13.0 Å². The van der Waals surface area contributed by atoms with Gasteiger partial charge in [0.15, 0.2) is 0 Å². The van der Waals surface area contributed by atoms with Crippen molar-refractivity contribution in [3.05, 3.63) is 34.4 Å². The Labute approximate surface area is 86.8 Å². The first-order valence-electron chi connectivity index (χ1n) is 4.29. The standard InChI is InChI=1S/C11H9NO3/c1-7-2-8(6-13)3-9(5-12)10(7)4-11(14)15/h2-3,6H,4H2,1H3,(H,14,15). The number of benzene rings is 1. The van der Waals surface area contributed by atoms with Crippen LogP contribution in [0.2, 0.25) is 0 Å². The van der Waals surface area contributed by atoms with Gasteiger partial charge in [-0.05, 0) is 30.2 Å². The molecule has 76 valence electrons. The lowest BCUT2D eigenvalue weighted by molar-refractivity contribution is -0.136. The van der Waals surface area contributed by atoms with Crippen molar-refractivity contribution in [2.75, 3.05) is 0 Å². The van der Waals surface area contributed by atoms with Crippen molar-refractivity contribution in [1.82, 2.24) is 0 Å². The summed E-state index contributed by atoms with van der Waals surface area (Å²) < 4.78 is 0. The molecule has 1 aromatic carbocycles. The van der Waals surface area contributed by atoms with E-state index in [4.69, 9.17) is 10.4 Å². The number of aldehydes is 1. The van der Waals surface area contributed by atoms with Crippen LogP contribution in [-0.4, -0.2) is 17.4 Å². The van der Waals surface area contributed by atoms with Crippen LogP contribution in [0.3, 0.4) is 0 Å². The molecule has 4 heteroatoms. The molecule has 0 aliphatic rings. The Kier molecular flexibility index (Phi) is 3.19. The Balaban J connectivity index is 3.32. The van der Waals surface area contributed by atoms with Crippen molar-refractivity contribution in [3.63, 3.8) is 0 Å². The van der Waals surface area contributed by atoms with Crippen LogP contribution in [0, 0.1) is 18.3 Å². The van der Waals surface area contributed by atoms with E-state index in [1.165, 1.54) is 6.07 Å². The summed E-state index contributed by atoms with van der Waals surface area (Å²) in [6, 6.07) is 4.87. The molecule has 0 unspecified atom stereocenters. The highest BCUT2D eigenvalue weighted by Crippen LogP contribution is 2.16. The molecule has 0 fully saturated rings. The molecule has 1 N–H and O–H groups in total. The van der Waals surface area contributed by atoms with Crippen LogP contribution < -0.4 is 0 Å². The van der Waals surface area contributed by atoms with Gasteiger partial charge in [0.05, 0.1) is 18.1 Å². The zero-order valence-electron chi connectivity index (χ0n) is 8.15. The Hall–Kier alpha value is -2.15. The molecule has 0 atom stereocenters. The van der Waals surface area contributed by atoms with Gasteiger partial charge in [0, 0.05) is 5.56 Å². The van der Waals surface area contributed by atoms with Crippen molar-refractivity contribution in [2.24, 2.45) is 0 Å². The summed E-state index contributed by atoms with van der Waals surface area (Å²) in [6.45, 7) is 1.69. The lowest BCUT2D eigenvalue weighted by Crippen LogP contribution is -2.05. The summed E-state index contributed by atoms with van der Waals surface area (Å²) in [5.74, 6) is -0.992. The summed E-state index contributed by atoms with van der Waals surface area (Å²) in [6.07, 6.45) is 0.437. The molecule has 0 heterocycles. The number of nitriles is 1. The van der Waals surface area contributed by atoms with Gasteiger partial charge in [-0.1, -0.05) is 0 Å². The van der Waals surface area contributed by atoms with Gasteiger partial charge < -0.3 is 5.11 Å². The number of carboxylic acids is 1. The third kappa shape index (κ3) is 2.41. The monoisotopic (exact) mass is 203 g/mol. The fourth-order valence-corrected chi connectivity index (χ4v) is 1.40. The van der Waals surface area contributed by atoms with E-state index >= 15 is 0 Å². The van der Waals surface area contributed by atoms with Crippen LogP contribution in [0.25, 0.3) is 0 Å². The van der Waals surface area contributed by atoms with Crippen molar-refractivity contribution < 1.29 is 14.7 Å². The molecular weight excluding hydrogens is 194 g/mol. The Bertz CT molecular complexity index is 458. The van der Waals surface area contributed by atoms with E-state index in [-0.39, 0.29) is 12.0 Å². The SMILES string of the molecule is Cc1cc(C=O)cc(C#N)c1CC(=O)O. The smallest absolute Gasteiger partial charge is 0.307 e. The second kappa shape index (κ2) is 4.38. The van der Waals surface area contributed by atoms with Crippen LogP contribution >= 0.6 is 0 Å². The third-order valence-corrected chi connectivity index (χ3v) is 2.08. The largest absolute Gasteiger partial charge is 0.481 e. The van der Waals surface area contributed by atoms with Crippen LogP contribution in [-0.2, 0) is 11.2 Å². The first kappa shape index (κ1) is 10.9. The van der Waals surface area contributed by atoms with E-state index in [0.717, 1.165) is 0 Å². The van der Waals surface area contributed by atoms with Crippen LogP contribution in [0.5, 0.6) is 0 Å². The summed E-state index contributed by atoms with van der Waals surface area (Å²) in [4.78, 5) is 21.1. The highest BCUT2D eigenvalue weighted by molar-refractivity contribution is 5.78. The molecule has 0 spiro atoms. The number of hydrogen-bond acceptors (Lipinski definition) is 3. The Morgan fingerprint density at radius 2 is 2.27 bits per heavy atom. The number of nitrogens with zero attached hydrogens (tertiary/aromatic N) is 1. The Morgan fingerprint density at radius 1 is 1.60 bits per heavy atom. The van der Waals surface area contributed by atoms with Crippen LogP contribution in [0.1, 0.15) is 27.0 Å². The highest BCUT2D eigenvalue weighted by Gasteiger charge is 2.11. The zero-order chi connectivity index (χ0) is 11.4. The number of carboxylic acid groups (broad SMARTS) is 1. The van der Waals surface area contributed by atoms with E-state index in [0.29, 0.717) is 23.0 Å². The number of hydrogen-bond donors (Lipinski definition) is 1. The van der Waals surface area contributed by atoms with Crippen molar-refractivity contribution in [3.8, 4) is 6.07 Å². The maximum atomic E-state index is 10.6. The number of aryl methyl sites for hydroxylation is 1. The maximum absolute atomic E-state index is 10.6. The summed E-state index contributed by atoms with van der Waals surface area (Å²) in [5.41, 5.74) is 1.76. The predicted molar refractivity (Wildman–Crippen MR) is 52.6 cm³/mol. The van der Waals surface area contributed by atoms with Crippen LogP contribution in [0.4, 0.5) is 0 Å². The van der Waals surface area contributed by atoms with Crippen LogP contribution in [0.15, 0.2) is 12.1 Å². The molecule has 0 aromatic heterocycles. The first-order valence-corrected chi connectivity index (χ1v) is 4.29. The Morgan fingerprint density at radius 3 is 2.73 bits per heavy atom.